The molecule has 2 aromatic carbocycles. The number of nitrogens with one attached hydrogen (secondary N) is 2. The zero-order valence-electron chi connectivity index (χ0n) is 15.3. The van der Waals surface area contributed by atoms with Crippen molar-refractivity contribution in [2.75, 3.05) is 6.61 Å². The van der Waals surface area contributed by atoms with Gasteiger partial charge in [-0.1, -0.05) is 30.3 Å². The first kappa shape index (κ1) is 17.9. The van der Waals surface area contributed by atoms with Crippen LogP contribution in [0.2, 0.25) is 0 Å². The van der Waals surface area contributed by atoms with Crippen LogP contribution in [0.4, 0.5) is 4.79 Å². The van der Waals surface area contributed by atoms with Crippen molar-refractivity contribution in [1.29, 1.82) is 0 Å². The maximum Gasteiger partial charge on any atom is 0.315 e. The average molecular weight is 352 g/mol. The molecule has 0 radical (unpaired) electrons. The van der Waals surface area contributed by atoms with Gasteiger partial charge in [0.1, 0.15) is 17.1 Å². The van der Waals surface area contributed by atoms with Crippen molar-refractivity contribution in [3.8, 4) is 5.75 Å². The molecule has 0 aliphatic heterocycles. The minimum atomic E-state index is -0.237. The van der Waals surface area contributed by atoms with Crippen LogP contribution in [-0.4, -0.2) is 12.6 Å². The van der Waals surface area contributed by atoms with E-state index in [2.05, 4.69) is 10.6 Å². The molecule has 2 atom stereocenters. The van der Waals surface area contributed by atoms with Gasteiger partial charge in [-0.15, -0.1) is 0 Å². The Morgan fingerprint density at radius 1 is 1.04 bits per heavy atom. The standard InChI is InChI=1S/C21H24N2O3/c1-4-25-18-11-9-16(10-12-18)14(2)22-21(24)23-15(3)20-13-17-7-5-6-8-19(17)26-20/h5-15H,4H2,1-3H3,(H2,22,23,24)/t14-,15+/m1/s1. The Hall–Kier alpha value is -2.95. The van der Waals surface area contributed by atoms with E-state index in [1.54, 1.807) is 0 Å². The molecule has 2 amide bonds. The minimum absolute atomic E-state index is 0.117. The molecule has 136 valence electrons. The van der Waals surface area contributed by atoms with Crippen LogP contribution in [0.3, 0.4) is 0 Å². The number of ether oxygens (including phenoxy) is 1. The van der Waals surface area contributed by atoms with Crippen LogP contribution in [0, 0.1) is 0 Å². The molecule has 2 N–H and O–H groups in total. The van der Waals surface area contributed by atoms with Gasteiger partial charge < -0.3 is 19.8 Å². The molecule has 3 rings (SSSR count). The van der Waals surface area contributed by atoms with Crippen LogP contribution >= 0.6 is 0 Å². The maximum atomic E-state index is 12.3. The average Bonchev–Trinajstić information content (AvgIpc) is 3.07. The van der Waals surface area contributed by atoms with Crippen LogP contribution < -0.4 is 15.4 Å². The zero-order chi connectivity index (χ0) is 18.5. The summed E-state index contributed by atoms with van der Waals surface area (Å²) >= 11 is 0. The topological polar surface area (TPSA) is 63.5 Å². The molecule has 5 nitrogen and oxygen atoms in total. The first-order chi connectivity index (χ1) is 12.6. The predicted molar refractivity (Wildman–Crippen MR) is 102 cm³/mol. The van der Waals surface area contributed by atoms with Crippen molar-refractivity contribution >= 4 is 17.0 Å². The molecule has 1 aromatic heterocycles. The first-order valence-electron chi connectivity index (χ1n) is 8.85. The Morgan fingerprint density at radius 3 is 2.42 bits per heavy atom. The van der Waals surface area contributed by atoms with Gasteiger partial charge in [-0.3, -0.25) is 0 Å². The molecule has 0 bridgehead atoms. The van der Waals surface area contributed by atoms with Gasteiger partial charge in [-0.2, -0.15) is 0 Å². The normalized spacial score (nSPS) is 13.2. The molecule has 3 aromatic rings. The monoisotopic (exact) mass is 352 g/mol. The summed E-state index contributed by atoms with van der Waals surface area (Å²) < 4.78 is 11.2. The van der Waals surface area contributed by atoms with Gasteiger partial charge in [0.05, 0.1) is 18.7 Å². The summed E-state index contributed by atoms with van der Waals surface area (Å²) in [5.41, 5.74) is 1.83. The lowest BCUT2D eigenvalue weighted by Gasteiger charge is -2.18. The molecule has 1 heterocycles. The Labute approximate surface area is 153 Å². The van der Waals surface area contributed by atoms with Crippen LogP contribution in [-0.2, 0) is 0 Å². The molecule has 26 heavy (non-hydrogen) atoms. The van der Waals surface area contributed by atoms with Gasteiger partial charge in [0, 0.05) is 5.39 Å². The summed E-state index contributed by atoms with van der Waals surface area (Å²) in [6, 6.07) is 16.9. The van der Waals surface area contributed by atoms with Crippen LogP contribution in [0.5, 0.6) is 5.75 Å². The van der Waals surface area contributed by atoms with Crippen molar-refractivity contribution < 1.29 is 13.9 Å². The van der Waals surface area contributed by atoms with E-state index >= 15 is 0 Å². The van der Waals surface area contributed by atoms with E-state index in [-0.39, 0.29) is 18.1 Å². The number of carbonyl (C=O) groups excluding carboxylic acids is 1. The lowest BCUT2D eigenvalue weighted by Crippen LogP contribution is -2.38. The zero-order valence-corrected chi connectivity index (χ0v) is 15.3. The number of carbonyl (C=O) groups is 1. The Kier molecular flexibility index (Phi) is 5.46. The van der Waals surface area contributed by atoms with E-state index in [1.807, 2.05) is 75.4 Å². The second kappa shape index (κ2) is 7.95. The Bertz CT molecular complexity index is 837. The summed E-state index contributed by atoms with van der Waals surface area (Å²) in [7, 11) is 0. The van der Waals surface area contributed by atoms with Gasteiger partial charge in [0.25, 0.3) is 0 Å². The number of hydrogen-bond donors (Lipinski definition) is 2. The summed E-state index contributed by atoms with van der Waals surface area (Å²) in [5, 5.41) is 6.90. The number of para-hydroxylation sites is 1. The number of hydrogen-bond acceptors (Lipinski definition) is 3. The molecule has 0 saturated heterocycles. The van der Waals surface area contributed by atoms with Crippen molar-refractivity contribution in [3.05, 3.63) is 65.9 Å². The Morgan fingerprint density at radius 2 is 1.73 bits per heavy atom. The smallest absolute Gasteiger partial charge is 0.315 e. The molecular formula is C21H24N2O3. The highest BCUT2D eigenvalue weighted by molar-refractivity contribution is 5.78. The highest BCUT2D eigenvalue weighted by Gasteiger charge is 2.16. The number of rotatable bonds is 6. The van der Waals surface area contributed by atoms with Gasteiger partial charge in [0.15, 0.2) is 0 Å². The second-order valence-electron chi connectivity index (χ2n) is 6.25. The summed E-state index contributed by atoms with van der Waals surface area (Å²) in [6.45, 7) is 6.43. The minimum Gasteiger partial charge on any atom is -0.494 e. The van der Waals surface area contributed by atoms with Crippen molar-refractivity contribution in [1.82, 2.24) is 10.6 Å². The number of urea groups is 1. The lowest BCUT2D eigenvalue weighted by atomic mass is 10.1. The fourth-order valence-corrected chi connectivity index (χ4v) is 2.82. The van der Waals surface area contributed by atoms with Crippen LogP contribution in [0.15, 0.2) is 59.0 Å². The fraction of sp³-hybridized carbons (Fsp3) is 0.286. The van der Waals surface area contributed by atoms with E-state index in [4.69, 9.17) is 9.15 Å². The fourth-order valence-electron chi connectivity index (χ4n) is 2.82. The van der Waals surface area contributed by atoms with E-state index in [0.29, 0.717) is 6.61 Å². The largest absolute Gasteiger partial charge is 0.494 e. The summed E-state index contributed by atoms with van der Waals surface area (Å²) in [5.74, 6) is 1.56. The highest BCUT2D eigenvalue weighted by atomic mass is 16.5. The van der Waals surface area contributed by atoms with Crippen molar-refractivity contribution in [3.63, 3.8) is 0 Å². The third kappa shape index (κ3) is 4.17. The first-order valence-corrected chi connectivity index (χ1v) is 8.85. The van der Waals surface area contributed by atoms with E-state index in [1.165, 1.54) is 0 Å². The van der Waals surface area contributed by atoms with Crippen LogP contribution in [0.1, 0.15) is 44.2 Å². The number of benzene rings is 2. The third-order valence-corrected chi connectivity index (χ3v) is 4.26. The van der Waals surface area contributed by atoms with E-state index in [0.717, 1.165) is 28.0 Å². The van der Waals surface area contributed by atoms with Gasteiger partial charge in [-0.25, -0.2) is 4.79 Å². The van der Waals surface area contributed by atoms with Gasteiger partial charge in [-0.05, 0) is 50.6 Å². The molecule has 0 aliphatic carbocycles. The number of furan rings is 1. The molecular weight excluding hydrogens is 328 g/mol. The molecule has 5 heteroatoms. The third-order valence-electron chi connectivity index (χ3n) is 4.26. The highest BCUT2D eigenvalue weighted by Crippen LogP contribution is 2.23. The van der Waals surface area contributed by atoms with Gasteiger partial charge in [0.2, 0.25) is 0 Å². The summed E-state index contributed by atoms with van der Waals surface area (Å²) in [4.78, 5) is 12.3. The van der Waals surface area contributed by atoms with Gasteiger partial charge >= 0.3 is 6.03 Å². The quantitative estimate of drug-likeness (QED) is 0.659. The molecule has 0 aliphatic rings. The molecule has 0 spiro atoms. The maximum absolute atomic E-state index is 12.3. The molecule has 0 fully saturated rings. The van der Waals surface area contributed by atoms with Crippen LogP contribution in [0.25, 0.3) is 11.0 Å². The lowest BCUT2D eigenvalue weighted by molar-refractivity contribution is 0.233. The predicted octanol–water partition coefficient (Wildman–Crippen LogP) is 4.95. The van der Waals surface area contributed by atoms with Crippen molar-refractivity contribution in [2.45, 2.75) is 32.9 Å². The number of amides is 2. The number of fused-ring (bicyclic) bond motifs is 1. The summed E-state index contributed by atoms with van der Waals surface area (Å²) in [6.07, 6.45) is 0. The SMILES string of the molecule is CCOc1ccc([C@@H](C)NC(=O)N[C@@H](C)c2cc3ccccc3o2)cc1. The second-order valence-corrected chi connectivity index (χ2v) is 6.25. The molecule has 0 unspecified atom stereocenters. The van der Waals surface area contributed by atoms with Crippen molar-refractivity contribution in [2.24, 2.45) is 0 Å². The van der Waals surface area contributed by atoms with E-state index < -0.39 is 0 Å². The Balaban J connectivity index is 1.58. The van der Waals surface area contributed by atoms with E-state index in [9.17, 15) is 4.79 Å². The molecule has 0 saturated carbocycles.